The van der Waals surface area contributed by atoms with E-state index in [4.69, 9.17) is 4.74 Å². The maximum atomic E-state index is 11.8. The summed E-state index contributed by atoms with van der Waals surface area (Å²) in [6.45, 7) is 0. The number of carbonyl (C=O) groups excluding carboxylic acids is 2. The average Bonchev–Trinajstić information content (AvgIpc) is 2.55. The van der Waals surface area contributed by atoms with Gasteiger partial charge >= 0.3 is 11.9 Å². The Labute approximate surface area is 132 Å². The number of ether oxygens (including phenoxy) is 2. The zero-order valence-electron chi connectivity index (χ0n) is 12.2. The van der Waals surface area contributed by atoms with Gasteiger partial charge in [-0.05, 0) is 35.9 Å². The van der Waals surface area contributed by atoms with E-state index in [0.717, 1.165) is 6.08 Å². The molecule has 2 aromatic rings. The van der Waals surface area contributed by atoms with Gasteiger partial charge in [0.1, 0.15) is 11.3 Å². The van der Waals surface area contributed by atoms with Crippen molar-refractivity contribution in [2.45, 2.75) is 0 Å². The minimum atomic E-state index is -0.700. The molecule has 0 amide bonds. The van der Waals surface area contributed by atoms with Crippen LogP contribution in [0.4, 0.5) is 0 Å². The Morgan fingerprint density at radius 2 is 1.78 bits per heavy atom. The SMILES string of the molecule is COC(=O)c1ccccc1OC(=O)/C=C/c1ccc(O)c(O)c1. The summed E-state index contributed by atoms with van der Waals surface area (Å²) in [5.41, 5.74) is 0.637. The van der Waals surface area contributed by atoms with Crippen molar-refractivity contribution in [1.82, 2.24) is 0 Å². The third-order valence-corrected chi connectivity index (χ3v) is 2.91. The molecule has 0 bridgehead atoms. The molecule has 6 heteroatoms. The zero-order chi connectivity index (χ0) is 16.8. The highest BCUT2D eigenvalue weighted by atomic mass is 16.5. The number of hydrogen-bond donors (Lipinski definition) is 2. The van der Waals surface area contributed by atoms with Crippen molar-refractivity contribution in [2.24, 2.45) is 0 Å². The summed E-state index contributed by atoms with van der Waals surface area (Å²) in [7, 11) is 1.23. The first-order valence-electron chi connectivity index (χ1n) is 6.60. The van der Waals surface area contributed by atoms with Gasteiger partial charge in [0, 0.05) is 6.08 Å². The quantitative estimate of drug-likeness (QED) is 0.390. The molecule has 2 N–H and O–H groups in total. The van der Waals surface area contributed by atoms with Gasteiger partial charge in [0.15, 0.2) is 11.5 Å². The number of aromatic hydroxyl groups is 2. The Bertz CT molecular complexity index is 763. The second-order valence-corrected chi connectivity index (χ2v) is 4.49. The van der Waals surface area contributed by atoms with E-state index in [1.807, 2.05) is 0 Å². The molecule has 0 atom stereocenters. The second kappa shape index (κ2) is 7.13. The van der Waals surface area contributed by atoms with Crippen molar-refractivity contribution >= 4 is 18.0 Å². The Balaban J connectivity index is 2.12. The number of phenols is 2. The molecule has 118 valence electrons. The van der Waals surface area contributed by atoms with Gasteiger partial charge in [0.2, 0.25) is 0 Å². The second-order valence-electron chi connectivity index (χ2n) is 4.49. The standard InChI is InChI=1S/C17H14O6/c1-22-17(21)12-4-2-3-5-15(12)23-16(20)9-7-11-6-8-13(18)14(19)10-11/h2-10,18-19H,1H3/b9-7+. The van der Waals surface area contributed by atoms with Gasteiger partial charge in [0.05, 0.1) is 7.11 Å². The maximum absolute atomic E-state index is 11.8. The van der Waals surface area contributed by atoms with Crippen molar-refractivity contribution in [3.05, 3.63) is 59.7 Å². The van der Waals surface area contributed by atoms with Crippen LogP contribution in [0.3, 0.4) is 0 Å². The van der Waals surface area contributed by atoms with E-state index < -0.39 is 11.9 Å². The smallest absolute Gasteiger partial charge is 0.341 e. The van der Waals surface area contributed by atoms with Gasteiger partial charge in [0.25, 0.3) is 0 Å². The first-order chi connectivity index (χ1) is 11.0. The van der Waals surface area contributed by atoms with Gasteiger partial charge in [-0.2, -0.15) is 0 Å². The van der Waals surface area contributed by atoms with E-state index in [1.165, 1.54) is 43.5 Å². The molecule has 0 aromatic heterocycles. The Morgan fingerprint density at radius 1 is 1.04 bits per heavy atom. The topological polar surface area (TPSA) is 93.1 Å². The van der Waals surface area contributed by atoms with E-state index in [1.54, 1.807) is 12.1 Å². The van der Waals surface area contributed by atoms with Crippen molar-refractivity contribution in [3.8, 4) is 17.2 Å². The summed E-state index contributed by atoms with van der Waals surface area (Å²) >= 11 is 0. The fraction of sp³-hybridized carbons (Fsp3) is 0.0588. The van der Waals surface area contributed by atoms with Crippen LogP contribution in [-0.2, 0) is 9.53 Å². The average molecular weight is 314 g/mol. The highest BCUT2D eigenvalue weighted by molar-refractivity contribution is 5.95. The molecule has 0 aliphatic carbocycles. The predicted octanol–water partition coefficient (Wildman–Crippen LogP) is 2.50. The molecule has 0 aliphatic heterocycles. The number of benzene rings is 2. The molecule has 0 unspecified atom stereocenters. The number of carbonyl (C=O) groups is 2. The molecule has 0 saturated heterocycles. The Kier molecular flexibility index (Phi) is 4.99. The molecule has 6 nitrogen and oxygen atoms in total. The fourth-order valence-corrected chi connectivity index (χ4v) is 1.79. The molecule has 23 heavy (non-hydrogen) atoms. The van der Waals surface area contributed by atoms with Crippen molar-refractivity contribution in [1.29, 1.82) is 0 Å². The fourth-order valence-electron chi connectivity index (χ4n) is 1.79. The molecule has 0 radical (unpaired) electrons. The Hall–Kier alpha value is -3.28. The largest absolute Gasteiger partial charge is 0.504 e. The summed E-state index contributed by atoms with van der Waals surface area (Å²) in [6, 6.07) is 10.3. The highest BCUT2D eigenvalue weighted by Crippen LogP contribution is 2.25. The van der Waals surface area contributed by atoms with E-state index in [-0.39, 0.29) is 22.8 Å². The molecule has 0 aliphatic rings. The van der Waals surface area contributed by atoms with Crippen LogP contribution in [0.1, 0.15) is 15.9 Å². The van der Waals surface area contributed by atoms with Gasteiger partial charge in [-0.25, -0.2) is 9.59 Å². The lowest BCUT2D eigenvalue weighted by atomic mass is 10.2. The van der Waals surface area contributed by atoms with Crippen LogP contribution in [-0.4, -0.2) is 29.3 Å². The minimum Gasteiger partial charge on any atom is -0.504 e. The summed E-state index contributed by atoms with van der Waals surface area (Å²) in [6.07, 6.45) is 2.54. The van der Waals surface area contributed by atoms with Crippen LogP contribution in [0.2, 0.25) is 0 Å². The van der Waals surface area contributed by atoms with Crippen LogP contribution >= 0.6 is 0 Å². The van der Waals surface area contributed by atoms with Crippen molar-refractivity contribution < 1.29 is 29.3 Å². The van der Waals surface area contributed by atoms with Gasteiger partial charge in [-0.3, -0.25) is 0 Å². The molecule has 0 heterocycles. The zero-order valence-corrected chi connectivity index (χ0v) is 12.2. The number of rotatable bonds is 4. The van der Waals surface area contributed by atoms with E-state index in [9.17, 15) is 19.8 Å². The van der Waals surface area contributed by atoms with Gasteiger partial charge in [-0.15, -0.1) is 0 Å². The van der Waals surface area contributed by atoms with Gasteiger partial charge < -0.3 is 19.7 Å². The first-order valence-corrected chi connectivity index (χ1v) is 6.60. The number of phenolic OH excluding ortho intramolecular Hbond substituents is 2. The molecule has 2 aromatic carbocycles. The molecule has 0 spiro atoms. The lowest BCUT2D eigenvalue weighted by Crippen LogP contribution is -2.09. The number of para-hydroxylation sites is 1. The number of hydrogen-bond acceptors (Lipinski definition) is 6. The third-order valence-electron chi connectivity index (χ3n) is 2.91. The summed E-state index contributed by atoms with van der Waals surface area (Å²) in [5.74, 6) is -1.77. The van der Waals surface area contributed by atoms with Crippen molar-refractivity contribution in [2.75, 3.05) is 7.11 Å². The van der Waals surface area contributed by atoms with Crippen LogP contribution in [0.25, 0.3) is 6.08 Å². The monoisotopic (exact) mass is 314 g/mol. The van der Waals surface area contributed by atoms with Crippen molar-refractivity contribution in [3.63, 3.8) is 0 Å². The van der Waals surface area contributed by atoms with Crippen LogP contribution in [0.15, 0.2) is 48.5 Å². The predicted molar refractivity (Wildman–Crippen MR) is 82.2 cm³/mol. The molecule has 0 fully saturated rings. The normalized spacial score (nSPS) is 10.5. The molecule has 0 saturated carbocycles. The van der Waals surface area contributed by atoms with Gasteiger partial charge in [-0.1, -0.05) is 18.2 Å². The van der Waals surface area contributed by atoms with E-state index >= 15 is 0 Å². The number of esters is 2. The first kappa shape index (κ1) is 16.1. The summed E-state index contributed by atoms with van der Waals surface area (Å²) in [4.78, 5) is 23.4. The van der Waals surface area contributed by atoms with Crippen LogP contribution in [0, 0.1) is 0 Å². The highest BCUT2D eigenvalue weighted by Gasteiger charge is 2.14. The number of methoxy groups -OCH3 is 1. The molecule has 2 rings (SSSR count). The Morgan fingerprint density at radius 3 is 2.48 bits per heavy atom. The minimum absolute atomic E-state index is 0.0857. The van der Waals surface area contributed by atoms with Crippen LogP contribution < -0.4 is 4.74 Å². The van der Waals surface area contributed by atoms with E-state index in [2.05, 4.69) is 4.74 Å². The maximum Gasteiger partial charge on any atom is 0.341 e. The third kappa shape index (κ3) is 4.10. The molecular weight excluding hydrogens is 300 g/mol. The van der Waals surface area contributed by atoms with Crippen LogP contribution in [0.5, 0.6) is 17.2 Å². The lowest BCUT2D eigenvalue weighted by molar-refractivity contribution is -0.128. The summed E-state index contributed by atoms with van der Waals surface area (Å²) < 4.78 is 9.72. The summed E-state index contributed by atoms with van der Waals surface area (Å²) in [5, 5.41) is 18.6. The lowest BCUT2D eigenvalue weighted by Gasteiger charge is -2.06. The molecular formula is C17H14O6. The van der Waals surface area contributed by atoms with E-state index in [0.29, 0.717) is 5.56 Å².